The first-order valence-corrected chi connectivity index (χ1v) is 10.3. The summed E-state index contributed by atoms with van der Waals surface area (Å²) in [6, 6.07) is 19.6. The summed E-state index contributed by atoms with van der Waals surface area (Å²) in [5.74, 6) is -0.214. The third-order valence-electron chi connectivity index (χ3n) is 4.79. The van der Waals surface area contributed by atoms with Crippen LogP contribution in [-0.2, 0) is 10.5 Å². The van der Waals surface area contributed by atoms with Crippen molar-refractivity contribution in [3.63, 3.8) is 0 Å². The molecule has 3 aromatic rings. The van der Waals surface area contributed by atoms with Crippen LogP contribution in [0.3, 0.4) is 0 Å². The Kier molecular flexibility index (Phi) is 4.76. The molecule has 0 fully saturated rings. The van der Waals surface area contributed by atoms with Gasteiger partial charge in [0.15, 0.2) is 11.3 Å². The van der Waals surface area contributed by atoms with Gasteiger partial charge in [0.1, 0.15) is 11.5 Å². The first kappa shape index (κ1) is 18.5. The molecule has 1 atom stereocenters. The highest BCUT2D eigenvalue weighted by molar-refractivity contribution is 8.13. The van der Waals surface area contributed by atoms with Gasteiger partial charge >= 0.3 is 0 Å². The Morgan fingerprint density at radius 1 is 1.03 bits per heavy atom. The van der Waals surface area contributed by atoms with Crippen molar-refractivity contribution in [1.82, 2.24) is 15.3 Å². The SMILES string of the molecule is O=C1NC(SCc2ccccc2F)=NN2C1=c1ccccc1=N[C@@H]2c1ccccn1. The number of para-hydroxylation sites is 1. The molecule has 2 aliphatic rings. The Morgan fingerprint density at radius 2 is 1.83 bits per heavy atom. The van der Waals surface area contributed by atoms with Crippen LogP contribution in [-0.4, -0.2) is 21.1 Å². The van der Waals surface area contributed by atoms with E-state index in [1.165, 1.54) is 17.8 Å². The first-order valence-electron chi connectivity index (χ1n) is 9.34. The number of pyridine rings is 1. The van der Waals surface area contributed by atoms with Crippen LogP contribution in [0.4, 0.5) is 4.39 Å². The van der Waals surface area contributed by atoms with E-state index in [2.05, 4.69) is 15.4 Å². The van der Waals surface area contributed by atoms with Gasteiger partial charge in [0.05, 0.1) is 11.1 Å². The highest BCUT2D eigenvalue weighted by atomic mass is 32.2. The van der Waals surface area contributed by atoms with E-state index >= 15 is 0 Å². The van der Waals surface area contributed by atoms with E-state index in [4.69, 9.17) is 4.99 Å². The maximum absolute atomic E-state index is 14.0. The Hall–Kier alpha value is -3.52. The van der Waals surface area contributed by atoms with Crippen molar-refractivity contribution in [2.24, 2.45) is 10.1 Å². The summed E-state index contributed by atoms with van der Waals surface area (Å²) in [5.41, 5.74) is 1.65. The van der Waals surface area contributed by atoms with Gasteiger partial charge in [-0.3, -0.25) is 20.1 Å². The molecule has 0 spiro atoms. The summed E-state index contributed by atoms with van der Waals surface area (Å²) < 4.78 is 14.0. The van der Waals surface area contributed by atoms with E-state index in [1.807, 2.05) is 42.5 Å². The number of hydrogen-bond donors (Lipinski definition) is 1. The lowest BCUT2D eigenvalue weighted by Gasteiger charge is -2.33. The van der Waals surface area contributed by atoms with E-state index in [0.717, 1.165) is 0 Å². The Labute approximate surface area is 175 Å². The van der Waals surface area contributed by atoms with Gasteiger partial charge < -0.3 is 0 Å². The van der Waals surface area contributed by atoms with Gasteiger partial charge in [0.2, 0.25) is 0 Å². The van der Waals surface area contributed by atoms with Crippen LogP contribution >= 0.6 is 11.8 Å². The molecule has 1 amide bonds. The minimum atomic E-state index is -0.564. The molecule has 6 nitrogen and oxygen atoms in total. The molecular formula is C22H16FN5OS. The Morgan fingerprint density at radius 3 is 2.67 bits per heavy atom. The number of hydrazone groups is 1. The van der Waals surface area contributed by atoms with Gasteiger partial charge in [0.25, 0.3) is 5.91 Å². The molecule has 8 heteroatoms. The number of fused-ring (bicyclic) bond motifs is 2. The molecule has 1 aromatic heterocycles. The molecule has 0 aliphatic carbocycles. The molecule has 0 bridgehead atoms. The van der Waals surface area contributed by atoms with E-state index in [-0.39, 0.29) is 11.7 Å². The van der Waals surface area contributed by atoms with E-state index in [1.54, 1.807) is 29.4 Å². The number of hydrogen-bond acceptors (Lipinski definition) is 6. The number of amidine groups is 1. The van der Waals surface area contributed by atoms with E-state index in [9.17, 15) is 9.18 Å². The fourth-order valence-corrected chi connectivity index (χ4v) is 4.21. The van der Waals surface area contributed by atoms with Crippen LogP contribution in [0.5, 0.6) is 0 Å². The molecule has 3 heterocycles. The number of carbonyl (C=O) groups excluding carboxylic acids is 1. The number of amides is 1. The number of benzene rings is 2. The van der Waals surface area contributed by atoms with Gasteiger partial charge in [-0.15, -0.1) is 5.10 Å². The predicted octanol–water partition coefficient (Wildman–Crippen LogP) is 2.30. The summed E-state index contributed by atoms with van der Waals surface area (Å²) >= 11 is 1.26. The van der Waals surface area contributed by atoms with Gasteiger partial charge in [-0.1, -0.05) is 54.2 Å². The minimum Gasteiger partial charge on any atom is -0.298 e. The molecule has 30 heavy (non-hydrogen) atoms. The van der Waals surface area contributed by atoms with Crippen LogP contribution < -0.4 is 15.9 Å². The van der Waals surface area contributed by atoms with Crippen LogP contribution in [0, 0.1) is 5.82 Å². The topological polar surface area (TPSA) is 70.0 Å². The molecule has 0 saturated carbocycles. The number of carbonyl (C=O) groups is 1. The largest absolute Gasteiger partial charge is 0.298 e. The zero-order valence-corrected chi connectivity index (χ0v) is 16.5. The third kappa shape index (κ3) is 3.35. The maximum atomic E-state index is 14.0. The lowest BCUT2D eigenvalue weighted by molar-refractivity contribution is -0.116. The summed E-state index contributed by atoms with van der Waals surface area (Å²) in [7, 11) is 0. The van der Waals surface area contributed by atoms with Crippen molar-refractivity contribution in [1.29, 1.82) is 0 Å². The average Bonchev–Trinajstić information content (AvgIpc) is 2.78. The van der Waals surface area contributed by atoms with Crippen molar-refractivity contribution in [3.8, 4) is 0 Å². The summed E-state index contributed by atoms with van der Waals surface area (Å²) in [6.07, 6.45) is 1.12. The number of halogens is 1. The van der Waals surface area contributed by atoms with Crippen molar-refractivity contribution in [2.45, 2.75) is 11.9 Å². The Balaban J connectivity index is 1.56. The number of nitrogens with one attached hydrogen (secondary N) is 1. The molecule has 2 aromatic carbocycles. The Bertz CT molecular complexity index is 1280. The van der Waals surface area contributed by atoms with Gasteiger partial charge in [-0.25, -0.2) is 9.40 Å². The maximum Gasteiger partial charge on any atom is 0.276 e. The van der Waals surface area contributed by atoms with E-state index in [0.29, 0.717) is 38.5 Å². The third-order valence-corrected chi connectivity index (χ3v) is 5.70. The monoisotopic (exact) mass is 417 g/mol. The van der Waals surface area contributed by atoms with Crippen molar-refractivity contribution < 1.29 is 9.18 Å². The van der Waals surface area contributed by atoms with E-state index < -0.39 is 6.17 Å². The van der Waals surface area contributed by atoms with Crippen molar-refractivity contribution >= 4 is 28.5 Å². The molecule has 5 rings (SSSR count). The molecular weight excluding hydrogens is 401 g/mol. The fourth-order valence-electron chi connectivity index (χ4n) is 3.38. The first-order chi connectivity index (χ1) is 14.7. The number of aromatic nitrogens is 1. The lowest BCUT2D eigenvalue weighted by atomic mass is 10.1. The highest BCUT2D eigenvalue weighted by Crippen LogP contribution is 2.30. The molecule has 0 saturated heterocycles. The highest BCUT2D eigenvalue weighted by Gasteiger charge is 2.34. The quantitative estimate of drug-likeness (QED) is 0.710. The van der Waals surface area contributed by atoms with Gasteiger partial charge in [-0.2, -0.15) is 0 Å². The second-order valence-electron chi connectivity index (χ2n) is 6.71. The van der Waals surface area contributed by atoms with Crippen LogP contribution in [0.25, 0.3) is 5.70 Å². The zero-order chi connectivity index (χ0) is 20.5. The van der Waals surface area contributed by atoms with Gasteiger partial charge in [-0.05, 0) is 29.8 Å². The standard InChI is InChI=1S/C22H16FN5OS/c23-16-9-3-1-7-14(16)13-30-22-26-21(29)19-15-8-2-4-10-17(15)25-20(28(19)27-22)18-11-5-6-12-24-18/h1-12,20H,13H2,(H,26,27,29)/t20-/m0/s1. The fraction of sp³-hybridized carbons (Fsp3) is 0.0909. The second-order valence-corrected chi connectivity index (χ2v) is 7.67. The average molecular weight is 417 g/mol. The normalized spacial score (nSPS) is 17.4. The summed E-state index contributed by atoms with van der Waals surface area (Å²) in [6.45, 7) is 0. The van der Waals surface area contributed by atoms with Crippen molar-refractivity contribution in [2.75, 3.05) is 0 Å². The predicted molar refractivity (Wildman–Crippen MR) is 113 cm³/mol. The number of rotatable bonds is 3. The van der Waals surface area contributed by atoms with Crippen molar-refractivity contribution in [3.05, 3.63) is 101 Å². The number of nitrogens with zero attached hydrogens (tertiary/aromatic N) is 4. The molecule has 1 N–H and O–H groups in total. The molecule has 148 valence electrons. The van der Waals surface area contributed by atoms with Crippen LogP contribution in [0.15, 0.2) is 83.0 Å². The lowest BCUT2D eigenvalue weighted by Crippen LogP contribution is -2.50. The summed E-state index contributed by atoms with van der Waals surface area (Å²) in [5, 5.41) is 10.9. The zero-order valence-electron chi connectivity index (χ0n) is 15.7. The minimum absolute atomic E-state index is 0.274. The molecule has 0 unspecified atom stereocenters. The molecule has 0 radical (unpaired) electrons. The number of thioether (sulfide) groups is 1. The van der Waals surface area contributed by atoms with Crippen LogP contribution in [0.2, 0.25) is 0 Å². The van der Waals surface area contributed by atoms with Crippen LogP contribution in [0.1, 0.15) is 17.4 Å². The smallest absolute Gasteiger partial charge is 0.276 e. The molecule has 2 aliphatic heterocycles. The van der Waals surface area contributed by atoms with Gasteiger partial charge in [0, 0.05) is 17.2 Å². The summed E-state index contributed by atoms with van der Waals surface area (Å²) in [4.78, 5) is 22.2. The second kappa shape index (κ2) is 7.72.